The van der Waals surface area contributed by atoms with Crippen molar-refractivity contribution in [2.75, 3.05) is 27.2 Å². The Hall–Kier alpha value is -1.46. The number of methoxy groups -OCH3 is 1. The van der Waals surface area contributed by atoms with E-state index in [1.54, 1.807) is 0 Å². The molecule has 4 rings (SSSR count). The molecule has 2 aliphatic heterocycles. The lowest BCUT2D eigenvalue weighted by atomic mass is 9.68. The van der Waals surface area contributed by atoms with Crippen molar-refractivity contribution in [3.05, 3.63) is 34.6 Å². The molecule has 0 bridgehead atoms. The number of halogens is 1. The summed E-state index contributed by atoms with van der Waals surface area (Å²) >= 11 is 0. The van der Waals surface area contributed by atoms with Gasteiger partial charge in [0.2, 0.25) is 0 Å². The van der Waals surface area contributed by atoms with Gasteiger partial charge in [-0.2, -0.15) is 0 Å². The summed E-state index contributed by atoms with van der Waals surface area (Å²) in [6, 6.07) is 3.68. The number of carbonyl (C=O) groups is 1. The minimum atomic E-state index is -0.466. The largest absolute Gasteiger partial charge is 0.465 e. The fourth-order valence-electron chi connectivity index (χ4n) is 4.95. The van der Waals surface area contributed by atoms with E-state index in [1.807, 2.05) is 6.07 Å². The van der Waals surface area contributed by atoms with Gasteiger partial charge in [0.05, 0.1) is 12.7 Å². The molecule has 1 aromatic carbocycles. The summed E-state index contributed by atoms with van der Waals surface area (Å²) in [5.41, 5.74) is 2.44. The number of benzene rings is 1. The molecule has 3 aliphatic rings. The Bertz CT molecular complexity index is 687. The maximum absolute atomic E-state index is 14.6. The zero-order valence-corrected chi connectivity index (χ0v) is 15.2. The number of likely N-dealkylation sites (tertiary alicyclic amines) is 1. The van der Waals surface area contributed by atoms with Crippen LogP contribution in [0.25, 0.3) is 0 Å². The van der Waals surface area contributed by atoms with Gasteiger partial charge in [0.15, 0.2) is 0 Å². The number of carbonyl (C=O) groups excluding carboxylic acids is 1. The molecular weight excluding hydrogens is 319 g/mol. The van der Waals surface area contributed by atoms with Gasteiger partial charge in [0, 0.05) is 30.2 Å². The summed E-state index contributed by atoms with van der Waals surface area (Å²) in [6.45, 7) is 2.74. The summed E-state index contributed by atoms with van der Waals surface area (Å²) in [4.78, 5) is 16.7. The van der Waals surface area contributed by atoms with Crippen molar-refractivity contribution in [2.24, 2.45) is 0 Å². The first kappa shape index (κ1) is 17.0. The average molecular weight is 346 g/mol. The molecular formula is C20H27FN2O2. The molecule has 0 amide bonds. The highest BCUT2D eigenvalue weighted by atomic mass is 19.1. The molecule has 25 heavy (non-hydrogen) atoms. The topological polar surface area (TPSA) is 32.8 Å². The monoisotopic (exact) mass is 346 g/mol. The molecule has 2 fully saturated rings. The normalized spacial score (nSPS) is 26.1. The third kappa shape index (κ3) is 2.87. The standard InChI is InChI=1S/C20H27FN2O2/c1-22-8-5-16(12-20(22)6-3-7-20)23-9-4-14-10-15(19(24)25-2)11-18(21)17(14)13-23/h10-11,16H,3-9,12-13H2,1-2H3/t16-/m1/s1. The molecule has 1 saturated heterocycles. The summed E-state index contributed by atoms with van der Waals surface area (Å²) in [5.74, 6) is -0.736. The van der Waals surface area contributed by atoms with Crippen LogP contribution in [-0.4, -0.2) is 54.6 Å². The van der Waals surface area contributed by atoms with Gasteiger partial charge in [0.25, 0.3) is 0 Å². The summed E-state index contributed by atoms with van der Waals surface area (Å²) in [5, 5.41) is 0. The van der Waals surface area contributed by atoms with Crippen LogP contribution >= 0.6 is 0 Å². The molecule has 1 aliphatic carbocycles. The molecule has 5 heteroatoms. The van der Waals surface area contributed by atoms with Crippen LogP contribution in [0.4, 0.5) is 4.39 Å². The second-order valence-corrected chi connectivity index (χ2v) is 7.95. The van der Waals surface area contributed by atoms with E-state index in [9.17, 15) is 9.18 Å². The maximum atomic E-state index is 14.6. The third-order valence-electron chi connectivity index (χ3n) is 6.76. The van der Waals surface area contributed by atoms with E-state index >= 15 is 0 Å². The number of esters is 1. The van der Waals surface area contributed by atoms with E-state index in [-0.39, 0.29) is 5.82 Å². The number of nitrogens with zero attached hydrogens (tertiary/aromatic N) is 2. The second-order valence-electron chi connectivity index (χ2n) is 7.95. The number of fused-ring (bicyclic) bond motifs is 1. The molecule has 1 saturated carbocycles. The summed E-state index contributed by atoms with van der Waals surface area (Å²) in [7, 11) is 3.59. The van der Waals surface area contributed by atoms with Crippen molar-refractivity contribution in [3.63, 3.8) is 0 Å². The summed E-state index contributed by atoms with van der Waals surface area (Å²) < 4.78 is 19.3. The van der Waals surface area contributed by atoms with Crippen LogP contribution in [0.3, 0.4) is 0 Å². The highest BCUT2D eigenvalue weighted by molar-refractivity contribution is 5.89. The molecule has 136 valence electrons. The van der Waals surface area contributed by atoms with E-state index in [0.29, 0.717) is 23.7 Å². The maximum Gasteiger partial charge on any atom is 0.337 e. The fraction of sp³-hybridized carbons (Fsp3) is 0.650. The third-order valence-corrected chi connectivity index (χ3v) is 6.76. The smallest absolute Gasteiger partial charge is 0.337 e. The van der Waals surface area contributed by atoms with Crippen LogP contribution in [-0.2, 0) is 17.7 Å². The molecule has 1 atom stereocenters. The zero-order valence-electron chi connectivity index (χ0n) is 15.2. The van der Waals surface area contributed by atoms with Gasteiger partial charge in [0.1, 0.15) is 5.82 Å². The highest BCUT2D eigenvalue weighted by Crippen LogP contribution is 2.45. The van der Waals surface area contributed by atoms with Crippen LogP contribution in [0.1, 0.15) is 53.6 Å². The van der Waals surface area contributed by atoms with Gasteiger partial charge in [-0.25, -0.2) is 9.18 Å². The quantitative estimate of drug-likeness (QED) is 0.771. The van der Waals surface area contributed by atoms with Crippen LogP contribution < -0.4 is 0 Å². The lowest BCUT2D eigenvalue weighted by molar-refractivity contribution is -0.0387. The van der Waals surface area contributed by atoms with Crippen molar-refractivity contribution in [1.82, 2.24) is 9.80 Å². The van der Waals surface area contributed by atoms with Crippen molar-refractivity contribution in [3.8, 4) is 0 Å². The van der Waals surface area contributed by atoms with Crippen molar-refractivity contribution in [2.45, 2.75) is 56.7 Å². The van der Waals surface area contributed by atoms with Crippen molar-refractivity contribution < 1.29 is 13.9 Å². The van der Waals surface area contributed by atoms with E-state index in [2.05, 4.69) is 16.8 Å². The van der Waals surface area contributed by atoms with Gasteiger partial charge in [-0.15, -0.1) is 0 Å². The van der Waals surface area contributed by atoms with E-state index < -0.39 is 5.97 Å². The SMILES string of the molecule is COC(=O)c1cc(F)c2c(c1)CCN([C@@H]1CCN(C)C3(CCC3)C1)C2. The van der Waals surface area contributed by atoms with Gasteiger partial charge in [-0.3, -0.25) is 4.90 Å². The number of rotatable bonds is 2. The second kappa shape index (κ2) is 6.36. The molecule has 4 nitrogen and oxygen atoms in total. The molecule has 0 aromatic heterocycles. The highest BCUT2D eigenvalue weighted by Gasteiger charge is 2.46. The molecule has 2 heterocycles. The fourth-order valence-corrected chi connectivity index (χ4v) is 4.95. The van der Waals surface area contributed by atoms with Gasteiger partial charge in [-0.1, -0.05) is 0 Å². The molecule has 1 aromatic rings. The molecule has 0 radical (unpaired) electrons. The Morgan fingerprint density at radius 1 is 1.32 bits per heavy atom. The lowest BCUT2D eigenvalue weighted by Crippen LogP contribution is -2.60. The van der Waals surface area contributed by atoms with Gasteiger partial charge < -0.3 is 9.64 Å². The Labute approximate surface area is 148 Å². The van der Waals surface area contributed by atoms with Crippen LogP contribution in [0.2, 0.25) is 0 Å². The van der Waals surface area contributed by atoms with E-state index in [4.69, 9.17) is 4.74 Å². The first-order valence-electron chi connectivity index (χ1n) is 9.37. The first-order valence-corrected chi connectivity index (χ1v) is 9.37. The van der Waals surface area contributed by atoms with Crippen LogP contribution in [0.5, 0.6) is 0 Å². The minimum Gasteiger partial charge on any atom is -0.465 e. The minimum absolute atomic E-state index is 0.270. The van der Waals surface area contributed by atoms with E-state index in [1.165, 1.54) is 38.9 Å². The predicted molar refractivity (Wildman–Crippen MR) is 94.1 cm³/mol. The van der Waals surface area contributed by atoms with Crippen molar-refractivity contribution >= 4 is 5.97 Å². The summed E-state index contributed by atoms with van der Waals surface area (Å²) in [6.07, 6.45) is 7.12. The number of ether oxygens (including phenoxy) is 1. The number of hydrogen-bond acceptors (Lipinski definition) is 4. The Morgan fingerprint density at radius 3 is 2.80 bits per heavy atom. The molecule has 0 unspecified atom stereocenters. The van der Waals surface area contributed by atoms with Crippen LogP contribution in [0.15, 0.2) is 12.1 Å². The average Bonchev–Trinajstić information content (AvgIpc) is 2.59. The Morgan fingerprint density at radius 2 is 2.12 bits per heavy atom. The van der Waals surface area contributed by atoms with Gasteiger partial charge in [-0.05, 0) is 69.8 Å². The number of hydrogen-bond donors (Lipinski definition) is 0. The Kier molecular flexibility index (Phi) is 4.32. The molecule has 0 N–H and O–H groups in total. The predicted octanol–water partition coefficient (Wildman–Crippen LogP) is 2.99. The van der Waals surface area contributed by atoms with Crippen molar-refractivity contribution in [1.29, 1.82) is 0 Å². The van der Waals surface area contributed by atoms with Crippen LogP contribution in [0, 0.1) is 5.82 Å². The molecule has 1 spiro atoms. The lowest BCUT2D eigenvalue weighted by Gasteiger charge is -2.56. The number of piperidine rings is 1. The Balaban J connectivity index is 1.52. The van der Waals surface area contributed by atoms with Gasteiger partial charge >= 0.3 is 5.97 Å². The van der Waals surface area contributed by atoms with E-state index in [0.717, 1.165) is 37.1 Å². The first-order chi connectivity index (χ1) is 12.0. The zero-order chi connectivity index (χ0) is 17.6.